The molecule has 3 N–H and O–H groups in total. The molecule has 19 heavy (non-hydrogen) atoms. The van der Waals surface area contributed by atoms with Crippen LogP contribution in [0, 0.1) is 0 Å². The Labute approximate surface area is 118 Å². The summed E-state index contributed by atoms with van der Waals surface area (Å²) in [5.41, 5.74) is 6.68. The van der Waals surface area contributed by atoms with Gasteiger partial charge in [-0.3, -0.25) is 4.90 Å². The maximum absolute atomic E-state index is 8.50. The second kappa shape index (κ2) is 6.63. The summed E-state index contributed by atoms with van der Waals surface area (Å²) in [6.07, 6.45) is 0.609. The molecule has 1 saturated heterocycles. The van der Waals surface area contributed by atoms with Gasteiger partial charge >= 0.3 is 0 Å². The van der Waals surface area contributed by atoms with Gasteiger partial charge in [0.2, 0.25) is 0 Å². The summed E-state index contributed by atoms with van der Waals surface area (Å²) in [7, 11) is 0. The highest BCUT2D eigenvalue weighted by atomic mass is 35.5. The largest absolute Gasteiger partial charge is 0.409 e. The van der Waals surface area contributed by atoms with Gasteiger partial charge in [0, 0.05) is 49.9 Å². The SMILES string of the molecule is N/C(CCN1CCN(c2ccc(Cl)cc2)CC1)=N\O. The molecule has 0 saturated carbocycles. The molecule has 0 radical (unpaired) electrons. The molecule has 1 fully saturated rings. The van der Waals surface area contributed by atoms with Gasteiger partial charge in [-0.25, -0.2) is 0 Å². The first-order valence-electron chi connectivity index (χ1n) is 6.38. The third-order valence-corrected chi connectivity index (χ3v) is 3.63. The molecule has 6 heteroatoms. The van der Waals surface area contributed by atoms with E-state index >= 15 is 0 Å². The highest BCUT2D eigenvalue weighted by Gasteiger charge is 2.17. The Morgan fingerprint density at radius 3 is 2.42 bits per heavy atom. The maximum Gasteiger partial charge on any atom is 0.140 e. The fraction of sp³-hybridized carbons (Fsp3) is 0.462. The van der Waals surface area contributed by atoms with Gasteiger partial charge in [0.15, 0.2) is 0 Å². The van der Waals surface area contributed by atoms with Crippen molar-refractivity contribution in [1.82, 2.24) is 4.90 Å². The van der Waals surface area contributed by atoms with Crippen molar-refractivity contribution < 1.29 is 5.21 Å². The lowest BCUT2D eigenvalue weighted by molar-refractivity contribution is 0.262. The molecule has 1 aromatic rings. The van der Waals surface area contributed by atoms with E-state index in [1.54, 1.807) is 0 Å². The number of nitrogens with zero attached hydrogens (tertiary/aromatic N) is 3. The molecule has 0 bridgehead atoms. The van der Waals surface area contributed by atoms with Crippen LogP contribution in [0.1, 0.15) is 6.42 Å². The normalized spacial score (nSPS) is 17.7. The summed E-state index contributed by atoms with van der Waals surface area (Å²) in [5, 5.41) is 12.3. The molecule has 1 aliphatic heterocycles. The fourth-order valence-electron chi connectivity index (χ4n) is 2.20. The number of hydrogen-bond donors (Lipinski definition) is 2. The van der Waals surface area contributed by atoms with Gasteiger partial charge in [-0.1, -0.05) is 16.8 Å². The number of rotatable bonds is 4. The topological polar surface area (TPSA) is 65.1 Å². The molecule has 104 valence electrons. The molecule has 0 atom stereocenters. The Hall–Kier alpha value is -1.46. The number of halogens is 1. The molecule has 2 rings (SSSR count). The minimum absolute atomic E-state index is 0.292. The fourth-order valence-corrected chi connectivity index (χ4v) is 2.33. The van der Waals surface area contributed by atoms with Crippen LogP contribution in [0.4, 0.5) is 5.69 Å². The van der Waals surface area contributed by atoms with Crippen molar-refractivity contribution in [3.05, 3.63) is 29.3 Å². The van der Waals surface area contributed by atoms with Crippen LogP contribution in [0.2, 0.25) is 5.02 Å². The van der Waals surface area contributed by atoms with E-state index in [1.807, 2.05) is 24.3 Å². The Balaban J connectivity index is 1.80. The molecule has 0 aliphatic carbocycles. The van der Waals surface area contributed by atoms with E-state index in [0.717, 1.165) is 37.7 Å². The number of nitrogens with two attached hydrogens (primary N) is 1. The van der Waals surface area contributed by atoms with Crippen LogP contribution < -0.4 is 10.6 Å². The average molecular weight is 283 g/mol. The van der Waals surface area contributed by atoms with Crippen LogP contribution in [-0.4, -0.2) is 48.7 Å². The van der Waals surface area contributed by atoms with E-state index in [4.69, 9.17) is 22.5 Å². The maximum atomic E-state index is 8.50. The first kappa shape index (κ1) is 14.0. The first-order valence-corrected chi connectivity index (χ1v) is 6.76. The van der Waals surface area contributed by atoms with E-state index in [-0.39, 0.29) is 0 Å². The zero-order valence-corrected chi connectivity index (χ0v) is 11.6. The Kier molecular flexibility index (Phi) is 4.87. The van der Waals surface area contributed by atoms with Gasteiger partial charge in [-0.2, -0.15) is 0 Å². The lowest BCUT2D eigenvalue weighted by Gasteiger charge is -2.36. The molecule has 0 spiro atoms. The van der Waals surface area contributed by atoms with Crippen molar-refractivity contribution in [3.8, 4) is 0 Å². The predicted molar refractivity (Wildman–Crippen MR) is 78.1 cm³/mol. The Bertz CT molecular complexity index is 427. The van der Waals surface area contributed by atoms with Gasteiger partial charge in [0.1, 0.15) is 5.84 Å². The molecule has 0 aromatic heterocycles. The number of hydrogen-bond acceptors (Lipinski definition) is 4. The zero-order valence-electron chi connectivity index (χ0n) is 10.8. The highest BCUT2D eigenvalue weighted by Crippen LogP contribution is 2.19. The number of oxime groups is 1. The van der Waals surface area contributed by atoms with Gasteiger partial charge in [0.25, 0.3) is 0 Å². The van der Waals surface area contributed by atoms with E-state index in [1.165, 1.54) is 5.69 Å². The van der Waals surface area contributed by atoms with E-state index in [2.05, 4.69) is 15.0 Å². The molecule has 1 aromatic carbocycles. The number of benzene rings is 1. The third kappa shape index (κ3) is 4.01. The Morgan fingerprint density at radius 1 is 1.21 bits per heavy atom. The Morgan fingerprint density at radius 2 is 1.84 bits per heavy atom. The van der Waals surface area contributed by atoms with Crippen molar-refractivity contribution in [2.45, 2.75) is 6.42 Å². The second-order valence-electron chi connectivity index (χ2n) is 4.65. The minimum atomic E-state index is 0.292. The molecule has 0 amide bonds. The van der Waals surface area contributed by atoms with Crippen molar-refractivity contribution in [3.63, 3.8) is 0 Å². The van der Waals surface area contributed by atoms with Gasteiger partial charge < -0.3 is 15.8 Å². The average Bonchev–Trinajstić information content (AvgIpc) is 2.46. The summed E-state index contributed by atoms with van der Waals surface area (Å²) < 4.78 is 0. The van der Waals surface area contributed by atoms with Gasteiger partial charge in [-0.05, 0) is 24.3 Å². The number of anilines is 1. The van der Waals surface area contributed by atoms with Crippen molar-refractivity contribution >= 4 is 23.1 Å². The first-order chi connectivity index (χ1) is 9.19. The summed E-state index contributed by atoms with van der Waals surface area (Å²) in [5.74, 6) is 0.292. The summed E-state index contributed by atoms with van der Waals surface area (Å²) >= 11 is 5.89. The summed E-state index contributed by atoms with van der Waals surface area (Å²) in [6, 6.07) is 7.94. The lowest BCUT2D eigenvalue weighted by atomic mass is 10.2. The quantitative estimate of drug-likeness (QED) is 0.381. The standard InChI is InChI=1S/C13H19ClN4O/c14-11-1-3-12(4-2-11)18-9-7-17(8-10-18)6-5-13(15)16-19/h1-4,19H,5-10H2,(H2,15,16). The zero-order chi connectivity index (χ0) is 13.7. The van der Waals surface area contributed by atoms with Crippen LogP contribution in [0.25, 0.3) is 0 Å². The van der Waals surface area contributed by atoms with Gasteiger partial charge in [0.05, 0.1) is 0 Å². The van der Waals surface area contributed by atoms with Crippen molar-refractivity contribution in [1.29, 1.82) is 0 Å². The predicted octanol–water partition coefficient (Wildman–Crippen LogP) is 1.60. The van der Waals surface area contributed by atoms with Crippen molar-refractivity contribution in [2.75, 3.05) is 37.6 Å². The highest BCUT2D eigenvalue weighted by molar-refractivity contribution is 6.30. The summed E-state index contributed by atoms with van der Waals surface area (Å²) in [6.45, 7) is 4.78. The van der Waals surface area contributed by atoms with E-state index in [0.29, 0.717) is 12.3 Å². The van der Waals surface area contributed by atoms with Crippen LogP contribution in [0.5, 0.6) is 0 Å². The molecule has 1 heterocycles. The molecular weight excluding hydrogens is 264 g/mol. The lowest BCUT2D eigenvalue weighted by Crippen LogP contribution is -2.47. The summed E-state index contributed by atoms with van der Waals surface area (Å²) in [4.78, 5) is 4.67. The minimum Gasteiger partial charge on any atom is -0.409 e. The van der Waals surface area contributed by atoms with Crippen LogP contribution in [0.3, 0.4) is 0 Å². The van der Waals surface area contributed by atoms with Crippen molar-refractivity contribution in [2.24, 2.45) is 10.9 Å². The molecule has 5 nitrogen and oxygen atoms in total. The number of amidine groups is 1. The third-order valence-electron chi connectivity index (χ3n) is 3.38. The molecular formula is C13H19ClN4O. The number of piperazine rings is 1. The van der Waals surface area contributed by atoms with Gasteiger partial charge in [-0.15, -0.1) is 0 Å². The van der Waals surface area contributed by atoms with E-state index in [9.17, 15) is 0 Å². The molecule has 0 unspecified atom stereocenters. The van der Waals surface area contributed by atoms with Crippen LogP contribution in [-0.2, 0) is 0 Å². The van der Waals surface area contributed by atoms with Crippen LogP contribution >= 0.6 is 11.6 Å². The molecule has 1 aliphatic rings. The van der Waals surface area contributed by atoms with E-state index < -0.39 is 0 Å². The smallest absolute Gasteiger partial charge is 0.140 e. The second-order valence-corrected chi connectivity index (χ2v) is 5.08. The monoisotopic (exact) mass is 282 g/mol. The van der Waals surface area contributed by atoms with Crippen LogP contribution in [0.15, 0.2) is 29.4 Å².